The van der Waals surface area contributed by atoms with Gasteiger partial charge in [0.15, 0.2) is 0 Å². The topological polar surface area (TPSA) is 26.3 Å². The first-order chi connectivity index (χ1) is 7.18. The maximum atomic E-state index is 12.9. The monoisotopic (exact) mass is 234 g/mol. The van der Waals surface area contributed by atoms with Gasteiger partial charge >= 0.3 is 5.97 Å². The number of halogens is 2. The third kappa shape index (κ3) is 4.90. The van der Waals surface area contributed by atoms with Crippen LogP contribution in [0.3, 0.4) is 0 Å². The van der Waals surface area contributed by atoms with Crippen LogP contribution in [0.25, 0.3) is 0 Å². The molecule has 0 aromatic carbocycles. The molecule has 2 nitrogen and oxygen atoms in total. The van der Waals surface area contributed by atoms with E-state index < -0.39 is 11.5 Å². The van der Waals surface area contributed by atoms with Crippen LogP contribution in [0.15, 0.2) is 0 Å². The maximum Gasteiger partial charge on any atom is 0.306 e. The molecule has 0 aromatic rings. The van der Waals surface area contributed by atoms with Gasteiger partial charge in [0.25, 0.3) is 0 Å². The fourth-order valence-corrected chi connectivity index (χ4v) is 1.92. The summed E-state index contributed by atoms with van der Waals surface area (Å²) in [7, 11) is 0. The summed E-state index contributed by atoms with van der Waals surface area (Å²) >= 11 is 0. The van der Waals surface area contributed by atoms with Crippen LogP contribution in [-0.2, 0) is 9.53 Å². The summed E-state index contributed by atoms with van der Waals surface area (Å²) in [6.07, 6.45) is 0.923. The molecule has 0 aliphatic heterocycles. The lowest BCUT2D eigenvalue weighted by atomic mass is 9.85. The zero-order chi connectivity index (χ0) is 12.4. The average Bonchev–Trinajstić information content (AvgIpc) is 2.05. The van der Waals surface area contributed by atoms with Gasteiger partial charge in [-0.25, -0.2) is 8.78 Å². The van der Waals surface area contributed by atoms with Crippen LogP contribution in [0.1, 0.15) is 52.9 Å². The van der Waals surface area contributed by atoms with Crippen LogP contribution in [-0.4, -0.2) is 17.5 Å². The molecule has 16 heavy (non-hydrogen) atoms. The highest BCUT2D eigenvalue weighted by Crippen LogP contribution is 2.37. The molecule has 94 valence electrons. The molecule has 0 aromatic heterocycles. The number of hydrogen-bond donors (Lipinski definition) is 0. The van der Waals surface area contributed by atoms with Crippen LogP contribution in [0.2, 0.25) is 0 Å². The molecule has 4 heteroatoms. The SMILES string of the molecule is CC(C)(C)OC(=O)CC1CCC(F)(F)CC1. The summed E-state index contributed by atoms with van der Waals surface area (Å²) in [4.78, 5) is 11.5. The van der Waals surface area contributed by atoms with E-state index in [1.54, 1.807) is 20.8 Å². The van der Waals surface area contributed by atoms with Gasteiger partial charge in [-0.2, -0.15) is 0 Å². The Morgan fingerprint density at radius 1 is 1.31 bits per heavy atom. The van der Waals surface area contributed by atoms with Gasteiger partial charge in [-0.1, -0.05) is 0 Å². The van der Waals surface area contributed by atoms with Crippen molar-refractivity contribution in [1.82, 2.24) is 0 Å². The third-order valence-electron chi connectivity index (χ3n) is 2.71. The van der Waals surface area contributed by atoms with Crippen molar-refractivity contribution in [3.63, 3.8) is 0 Å². The smallest absolute Gasteiger partial charge is 0.306 e. The molecule has 0 amide bonds. The van der Waals surface area contributed by atoms with Crippen LogP contribution in [0, 0.1) is 5.92 Å². The third-order valence-corrected chi connectivity index (χ3v) is 2.71. The molecule has 1 fully saturated rings. The normalized spacial score (nSPS) is 21.8. The maximum absolute atomic E-state index is 12.9. The molecule has 1 aliphatic carbocycles. The molecule has 0 heterocycles. The van der Waals surface area contributed by atoms with Crippen molar-refractivity contribution < 1.29 is 18.3 Å². The standard InChI is InChI=1S/C12H20F2O2/c1-11(2,3)16-10(15)8-9-4-6-12(13,14)7-5-9/h9H,4-8H2,1-3H3. The summed E-state index contributed by atoms with van der Waals surface area (Å²) in [5.74, 6) is -2.73. The van der Waals surface area contributed by atoms with Gasteiger partial charge in [-0.05, 0) is 39.5 Å². The zero-order valence-electron chi connectivity index (χ0n) is 10.2. The summed E-state index contributed by atoms with van der Waals surface area (Å²) in [5.41, 5.74) is -0.490. The molecule has 0 atom stereocenters. The number of hydrogen-bond acceptors (Lipinski definition) is 2. The predicted octanol–water partition coefficient (Wildman–Crippen LogP) is 3.54. The van der Waals surface area contributed by atoms with Crippen LogP contribution >= 0.6 is 0 Å². The minimum absolute atomic E-state index is 0.0643. The highest BCUT2D eigenvalue weighted by molar-refractivity contribution is 5.70. The summed E-state index contributed by atoms with van der Waals surface area (Å²) in [6.45, 7) is 5.42. The van der Waals surface area contributed by atoms with Gasteiger partial charge in [0.1, 0.15) is 5.60 Å². The molecule has 1 rings (SSSR count). The Hall–Kier alpha value is -0.670. The van der Waals surface area contributed by atoms with Gasteiger partial charge in [0.05, 0.1) is 0 Å². The first kappa shape index (κ1) is 13.4. The quantitative estimate of drug-likeness (QED) is 0.683. The van der Waals surface area contributed by atoms with E-state index in [1.165, 1.54) is 0 Å². The lowest BCUT2D eigenvalue weighted by Gasteiger charge is -2.28. The second-order valence-corrected chi connectivity index (χ2v) is 5.59. The minimum atomic E-state index is -2.52. The molecular weight excluding hydrogens is 214 g/mol. The summed E-state index contributed by atoms with van der Waals surface area (Å²) < 4.78 is 30.9. The Balaban J connectivity index is 2.32. The number of ether oxygens (including phenoxy) is 1. The van der Waals surface area contributed by atoms with Crippen molar-refractivity contribution in [3.8, 4) is 0 Å². The fraction of sp³-hybridized carbons (Fsp3) is 0.917. The van der Waals surface area contributed by atoms with E-state index in [0.717, 1.165) is 0 Å². The largest absolute Gasteiger partial charge is 0.460 e. The van der Waals surface area contributed by atoms with Crippen molar-refractivity contribution in [2.24, 2.45) is 5.92 Å². The Morgan fingerprint density at radius 2 is 1.81 bits per heavy atom. The van der Waals surface area contributed by atoms with Gasteiger partial charge in [-0.15, -0.1) is 0 Å². The van der Waals surface area contributed by atoms with Crippen molar-refractivity contribution in [2.45, 2.75) is 64.4 Å². The Bertz CT molecular complexity index is 246. The molecule has 1 aliphatic rings. The molecule has 0 radical (unpaired) electrons. The van der Waals surface area contributed by atoms with Crippen LogP contribution in [0.4, 0.5) is 8.78 Å². The average molecular weight is 234 g/mol. The van der Waals surface area contributed by atoms with E-state index in [2.05, 4.69) is 0 Å². The highest BCUT2D eigenvalue weighted by atomic mass is 19.3. The van der Waals surface area contributed by atoms with E-state index in [4.69, 9.17) is 4.74 Å². The van der Waals surface area contributed by atoms with E-state index in [9.17, 15) is 13.6 Å². The van der Waals surface area contributed by atoms with Gasteiger partial charge in [0.2, 0.25) is 5.92 Å². The van der Waals surface area contributed by atoms with Gasteiger partial charge in [0, 0.05) is 19.3 Å². The highest BCUT2D eigenvalue weighted by Gasteiger charge is 2.35. The number of carbonyl (C=O) groups is 1. The van der Waals surface area contributed by atoms with Crippen molar-refractivity contribution in [1.29, 1.82) is 0 Å². The van der Waals surface area contributed by atoms with E-state index in [-0.39, 0.29) is 31.1 Å². The Kier molecular flexibility index (Phi) is 3.92. The number of esters is 1. The number of alkyl halides is 2. The number of carbonyl (C=O) groups excluding carboxylic acids is 1. The fourth-order valence-electron chi connectivity index (χ4n) is 1.92. The summed E-state index contributed by atoms with van der Waals surface area (Å²) in [6, 6.07) is 0. The molecule has 0 spiro atoms. The molecule has 0 N–H and O–H groups in total. The van der Waals surface area contributed by atoms with Crippen molar-refractivity contribution in [3.05, 3.63) is 0 Å². The van der Waals surface area contributed by atoms with Crippen molar-refractivity contribution in [2.75, 3.05) is 0 Å². The number of rotatable bonds is 2. The molecule has 0 unspecified atom stereocenters. The lowest BCUT2D eigenvalue weighted by Crippen LogP contribution is -2.29. The minimum Gasteiger partial charge on any atom is -0.460 e. The van der Waals surface area contributed by atoms with E-state index in [0.29, 0.717) is 12.8 Å². The summed E-state index contributed by atoms with van der Waals surface area (Å²) in [5, 5.41) is 0. The Labute approximate surface area is 95.4 Å². The first-order valence-electron chi connectivity index (χ1n) is 5.78. The van der Waals surface area contributed by atoms with Gasteiger partial charge in [-0.3, -0.25) is 4.79 Å². The zero-order valence-corrected chi connectivity index (χ0v) is 10.2. The van der Waals surface area contributed by atoms with Crippen molar-refractivity contribution >= 4 is 5.97 Å². The second-order valence-electron chi connectivity index (χ2n) is 5.59. The molecule has 1 saturated carbocycles. The first-order valence-corrected chi connectivity index (χ1v) is 5.78. The second kappa shape index (κ2) is 4.68. The Morgan fingerprint density at radius 3 is 2.25 bits per heavy atom. The molecular formula is C12H20F2O2. The molecule has 0 saturated heterocycles. The van der Waals surface area contributed by atoms with Gasteiger partial charge < -0.3 is 4.74 Å². The van der Waals surface area contributed by atoms with Crippen LogP contribution in [0.5, 0.6) is 0 Å². The lowest BCUT2D eigenvalue weighted by molar-refractivity contribution is -0.157. The molecule has 0 bridgehead atoms. The van der Waals surface area contributed by atoms with Crippen LogP contribution < -0.4 is 0 Å². The predicted molar refractivity (Wildman–Crippen MR) is 57.4 cm³/mol. The van der Waals surface area contributed by atoms with E-state index in [1.807, 2.05) is 0 Å². The van der Waals surface area contributed by atoms with E-state index >= 15 is 0 Å².